The molecule has 0 saturated heterocycles. The van der Waals surface area contributed by atoms with E-state index < -0.39 is 0 Å². The summed E-state index contributed by atoms with van der Waals surface area (Å²) in [6.07, 6.45) is 2.38. The molecule has 1 amide bonds. The number of hydrogen-bond acceptors (Lipinski definition) is 5. The van der Waals surface area contributed by atoms with Gasteiger partial charge in [0.15, 0.2) is 5.82 Å². The van der Waals surface area contributed by atoms with Crippen molar-refractivity contribution >= 4 is 27.5 Å². The van der Waals surface area contributed by atoms with Crippen molar-refractivity contribution < 1.29 is 4.79 Å². The normalized spacial score (nSPS) is 20.4. The van der Waals surface area contributed by atoms with Crippen LogP contribution in [0.5, 0.6) is 0 Å². The Hall–Kier alpha value is -2.28. The Morgan fingerprint density at radius 2 is 2.17 bits per heavy atom. The maximum absolute atomic E-state index is 13.0. The largest absolute Gasteiger partial charge is 0.327 e. The molecule has 24 heavy (non-hydrogen) atoms. The standard InChI is InChI=1S/C17H17N5OS/c1-10-16-19-15(11-2-3-11)20-22(16)7-6-21(10)17(23)12-4-5-13-14(8-12)24-9-18-13/h4-5,8-11H,2-3,6-7H2,1H3/t10-/m1/s1. The van der Waals surface area contributed by atoms with Crippen LogP contribution in [0.4, 0.5) is 0 Å². The zero-order chi connectivity index (χ0) is 16.3. The molecule has 122 valence electrons. The Morgan fingerprint density at radius 3 is 3.00 bits per heavy atom. The van der Waals surface area contributed by atoms with Crippen molar-refractivity contribution in [2.24, 2.45) is 0 Å². The monoisotopic (exact) mass is 339 g/mol. The van der Waals surface area contributed by atoms with E-state index in [4.69, 9.17) is 4.98 Å². The van der Waals surface area contributed by atoms with Crippen LogP contribution in [0.15, 0.2) is 23.7 Å². The minimum Gasteiger partial charge on any atom is -0.327 e. The number of nitrogens with zero attached hydrogens (tertiary/aromatic N) is 5. The van der Waals surface area contributed by atoms with E-state index in [9.17, 15) is 4.79 Å². The number of hydrogen-bond donors (Lipinski definition) is 0. The molecule has 7 heteroatoms. The Bertz CT molecular complexity index is 942. The number of amides is 1. The summed E-state index contributed by atoms with van der Waals surface area (Å²) < 4.78 is 3.03. The van der Waals surface area contributed by atoms with E-state index in [1.165, 1.54) is 12.8 Å². The lowest BCUT2D eigenvalue weighted by Crippen LogP contribution is -2.41. The number of aromatic nitrogens is 4. The summed E-state index contributed by atoms with van der Waals surface area (Å²) in [5.41, 5.74) is 3.47. The fraction of sp³-hybridized carbons (Fsp3) is 0.412. The van der Waals surface area contributed by atoms with Gasteiger partial charge in [-0.05, 0) is 38.0 Å². The molecule has 6 nitrogen and oxygen atoms in total. The summed E-state index contributed by atoms with van der Waals surface area (Å²) >= 11 is 1.56. The number of thiazole rings is 1. The van der Waals surface area contributed by atoms with Crippen molar-refractivity contribution in [2.45, 2.75) is 38.3 Å². The Balaban J connectivity index is 1.46. The molecule has 1 aliphatic carbocycles. The average Bonchev–Trinajstić information content (AvgIpc) is 3.18. The molecule has 0 radical (unpaired) electrons. The van der Waals surface area contributed by atoms with Crippen molar-refractivity contribution in [3.63, 3.8) is 0 Å². The molecule has 3 heterocycles. The van der Waals surface area contributed by atoms with E-state index in [1.807, 2.05) is 40.2 Å². The number of carbonyl (C=O) groups is 1. The highest BCUT2D eigenvalue weighted by Gasteiger charge is 2.34. The first-order valence-electron chi connectivity index (χ1n) is 8.29. The van der Waals surface area contributed by atoms with Gasteiger partial charge in [0, 0.05) is 18.0 Å². The molecule has 0 bridgehead atoms. The maximum Gasteiger partial charge on any atom is 0.254 e. The summed E-state index contributed by atoms with van der Waals surface area (Å²) in [6, 6.07) is 5.67. The fourth-order valence-corrected chi connectivity index (χ4v) is 4.04. The minimum atomic E-state index is -0.0524. The van der Waals surface area contributed by atoms with Gasteiger partial charge >= 0.3 is 0 Å². The first kappa shape index (κ1) is 14.1. The van der Waals surface area contributed by atoms with Crippen LogP contribution < -0.4 is 0 Å². The summed E-state index contributed by atoms with van der Waals surface area (Å²) in [7, 11) is 0. The van der Waals surface area contributed by atoms with E-state index in [0.717, 1.165) is 21.9 Å². The van der Waals surface area contributed by atoms with E-state index in [0.29, 0.717) is 24.6 Å². The van der Waals surface area contributed by atoms with Crippen LogP contribution in [0.2, 0.25) is 0 Å². The maximum atomic E-state index is 13.0. The van der Waals surface area contributed by atoms with Crippen LogP contribution in [0, 0.1) is 0 Å². The summed E-state index contributed by atoms with van der Waals surface area (Å²) in [4.78, 5) is 23.9. The Morgan fingerprint density at radius 1 is 1.29 bits per heavy atom. The smallest absolute Gasteiger partial charge is 0.254 e. The highest BCUT2D eigenvalue weighted by Crippen LogP contribution is 2.39. The van der Waals surface area contributed by atoms with Crippen molar-refractivity contribution in [3.05, 3.63) is 40.9 Å². The summed E-state index contributed by atoms with van der Waals surface area (Å²) in [5.74, 6) is 2.46. The lowest BCUT2D eigenvalue weighted by molar-refractivity contribution is 0.0631. The van der Waals surface area contributed by atoms with Gasteiger partial charge in [0.2, 0.25) is 0 Å². The van der Waals surface area contributed by atoms with Gasteiger partial charge in [-0.25, -0.2) is 14.6 Å². The van der Waals surface area contributed by atoms with Gasteiger partial charge in [0.05, 0.1) is 28.3 Å². The van der Waals surface area contributed by atoms with Gasteiger partial charge in [0.1, 0.15) is 5.82 Å². The van der Waals surface area contributed by atoms with Crippen LogP contribution in [0.1, 0.15) is 53.7 Å². The zero-order valence-electron chi connectivity index (χ0n) is 13.3. The van der Waals surface area contributed by atoms with Gasteiger partial charge in [-0.3, -0.25) is 4.79 Å². The molecule has 2 aliphatic rings. The molecule has 0 N–H and O–H groups in total. The Kier molecular flexibility index (Phi) is 3.00. The highest BCUT2D eigenvalue weighted by molar-refractivity contribution is 7.16. The third kappa shape index (κ3) is 2.15. The molecular weight excluding hydrogens is 322 g/mol. The zero-order valence-corrected chi connectivity index (χ0v) is 14.2. The lowest BCUT2D eigenvalue weighted by Gasteiger charge is -2.33. The van der Waals surface area contributed by atoms with Gasteiger partial charge < -0.3 is 4.90 Å². The van der Waals surface area contributed by atoms with Crippen LogP contribution in [-0.2, 0) is 6.54 Å². The molecule has 1 saturated carbocycles. The second kappa shape index (κ2) is 5.11. The molecule has 2 aromatic heterocycles. The quantitative estimate of drug-likeness (QED) is 0.720. The van der Waals surface area contributed by atoms with E-state index in [1.54, 1.807) is 11.3 Å². The van der Waals surface area contributed by atoms with Crippen LogP contribution in [0.3, 0.4) is 0 Å². The third-order valence-electron chi connectivity index (χ3n) is 4.89. The molecular formula is C17H17N5OS. The van der Waals surface area contributed by atoms with Gasteiger partial charge in [-0.15, -0.1) is 11.3 Å². The van der Waals surface area contributed by atoms with E-state index in [-0.39, 0.29) is 11.9 Å². The number of rotatable bonds is 2. The summed E-state index contributed by atoms with van der Waals surface area (Å²) in [6.45, 7) is 3.43. The van der Waals surface area contributed by atoms with Crippen LogP contribution >= 0.6 is 11.3 Å². The second-order valence-corrected chi connectivity index (χ2v) is 7.42. The first-order valence-corrected chi connectivity index (χ1v) is 9.17. The SMILES string of the molecule is C[C@@H]1c2nc(C3CC3)nn2CCN1C(=O)c1ccc2ncsc2c1. The highest BCUT2D eigenvalue weighted by atomic mass is 32.1. The Labute approximate surface area is 143 Å². The second-order valence-electron chi connectivity index (χ2n) is 6.54. The number of benzene rings is 1. The summed E-state index contributed by atoms with van der Waals surface area (Å²) in [5, 5.41) is 4.62. The van der Waals surface area contributed by atoms with Crippen molar-refractivity contribution in [1.82, 2.24) is 24.6 Å². The molecule has 1 atom stereocenters. The molecule has 0 spiro atoms. The number of fused-ring (bicyclic) bond motifs is 2. The topological polar surface area (TPSA) is 63.9 Å². The third-order valence-corrected chi connectivity index (χ3v) is 5.68. The molecule has 0 unspecified atom stereocenters. The molecule has 5 rings (SSSR count). The lowest BCUT2D eigenvalue weighted by atomic mass is 10.1. The van der Waals surface area contributed by atoms with Crippen molar-refractivity contribution in [2.75, 3.05) is 6.54 Å². The molecule has 1 aromatic carbocycles. The van der Waals surface area contributed by atoms with Crippen molar-refractivity contribution in [1.29, 1.82) is 0 Å². The van der Waals surface area contributed by atoms with Gasteiger partial charge in [-0.1, -0.05) is 0 Å². The van der Waals surface area contributed by atoms with Gasteiger partial charge in [-0.2, -0.15) is 5.10 Å². The predicted octanol–water partition coefficient (Wildman–Crippen LogP) is 2.98. The van der Waals surface area contributed by atoms with E-state index >= 15 is 0 Å². The van der Waals surface area contributed by atoms with Crippen LogP contribution in [-0.4, -0.2) is 37.1 Å². The molecule has 1 fully saturated rings. The average molecular weight is 339 g/mol. The predicted molar refractivity (Wildman–Crippen MR) is 91.1 cm³/mol. The number of carbonyl (C=O) groups excluding carboxylic acids is 1. The molecule has 1 aliphatic heterocycles. The fourth-order valence-electron chi connectivity index (χ4n) is 3.33. The first-order chi connectivity index (χ1) is 11.7. The van der Waals surface area contributed by atoms with Gasteiger partial charge in [0.25, 0.3) is 5.91 Å². The van der Waals surface area contributed by atoms with E-state index in [2.05, 4.69) is 10.1 Å². The van der Waals surface area contributed by atoms with Crippen LogP contribution in [0.25, 0.3) is 10.2 Å². The minimum absolute atomic E-state index is 0.0524. The van der Waals surface area contributed by atoms with Crippen molar-refractivity contribution in [3.8, 4) is 0 Å². The molecule has 3 aromatic rings.